The number of ether oxygens (including phenoxy) is 1. The fourth-order valence-corrected chi connectivity index (χ4v) is 3.88. The summed E-state index contributed by atoms with van der Waals surface area (Å²) in [6.45, 7) is 5.65. The quantitative estimate of drug-likeness (QED) is 0.567. The van der Waals surface area contributed by atoms with Gasteiger partial charge in [-0.15, -0.1) is 0 Å². The Morgan fingerprint density at radius 2 is 1.93 bits per heavy atom. The fraction of sp³-hybridized carbons (Fsp3) is 0.429. The van der Waals surface area contributed by atoms with Gasteiger partial charge in [0.1, 0.15) is 5.70 Å². The van der Waals surface area contributed by atoms with Crippen LogP contribution in [-0.4, -0.2) is 35.0 Å². The molecular formula is C21H25N3O4S. The Kier molecular flexibility index (Phi) is 6.32. The molecule has 0 unspecified atom stereocenters. The van der Waals surface area contributed by atoms with E-state index in [0.29, 0.717) is 18.5 Å². The second kappa shape index (κ2) is 8.73. The molecule has 1 saturated heterocycles. The van der Waals surface area contributed by atoms with Gasteiger partial charge in [0, 0.05) is 12.1 Å². The van der Waals surface area contributed by atoms with Crippen LogP contribution >= 0.6 is 12.2 Å². The summed E-state index contributed by atoms with van der Waals surface area (Å²) in [5, 5.41) is 5.54. The number of anilines is 1. The van der Waals surface area contributed by atoms with Gasteiger partial charge in [-0.1, -0.05) is 18.2 Å². The number of para-hydroxylation sites is 1. The molecule has 2 aliphatic rings. The highest BCUT2D eigenvalue weighted by atomic mass is 32.1. The van der Waals surface area contributed by atoms with Crippen LogP contribution in [0.1, 0.15) is 40.0 Å². The maximum Gasteiger partial charge on any atom is 0.309 e. The van der Waals surface area contributed by atoms with Gasteiger partial charge < -0.3 is 20.3 Å². The molecule has 1 aromatic rings. The van der Waals surface area contributed by atoms with Crippen LogP contribution in [0.25, 0.3) is 0 Å². The summed E-state index contributed by atoms with van der Waals surface area (Å²) >= 11 is 5.22. The van der Waals surface area contributed by atoms with Crippen LogP contribution in [0.4, 0.5) is 5.69 Å². The first-order chi connectivity index (χ1) is 13.8. The molecule has 2 heterocycles. The zero-order valence-electron chi connectivity index (χ0n) is 16.7. The predicted octanol–water partition coefficient (Wildman–Crippen LogP) is 2.42. The number of amides is 2. The molecule has 154 valence electrons. The molecule has 2 amide bonds. The maximum atomic E-state index is 12.9. The SMILES string of the molecule is CC1=C(NC(=S)NC(=O)CC[C@@H]2C[C@@H](C)OC2=O)C(=O)N(c2ccccc2)[C@@H]1C. The molecule has 0 bridgehead atoms. The van der Waals surface area contributed by atoms with E-state index in [0.717, 1.165) is 11.3 Å². The van der Waals surface area contributed by atoms with Gasteiger partial charge in [-0.25, -0.2) is 0 Å². The van der Waals surface area contributed by atoms with Crippen LogP contribution in [0, 0.1) is 5.92 Å². The Hall–Kier alpha value is -2.74. The zero-order chi connectivity index (χ0) is 21.1. The number of cyclic esters (lactones) is 1. The Balaban J connectivity index is 1.55. The third kappa shape index (κ3) is 4.64. The molecule has 1 fully saturated rings. The third-order valence-electron chi connectivity index (χ3n) is 5.35. The Labute approximate surface area is 175 Å². The lowest BCUT2D eigenvalue weighted by Crippen LogP contribution is -2.42. The van der Waals surface area contributed by atoms with Crippen molar-refractivity contribution in [2.75, 3.05) is 4.90 Å². The summed E-state index contributed by atoms with van der Waals surface area (Å²) < 4.78 is 5.10. The first-order valence-corrected chi connectivity index (χ1v) is 10.1. The average molecular weight is 416 g/mol. The fourth-order valence-electron chi connectivity index (χ4n) is 3.66. The standard InChI is InChI=1S/C21H25N3O4S/c1-12-11-15(20(27)28-12)9-10-17(25)22-21(29)23-18-13(2)14(3)24(19(18)26)16-7-5-4-6-8-16/h4-8,12,14-15H,9-11H2,1-3H3,(H2,22,23,25,29)/t12-,14-,15-/m1/s1. The first-order valence-electron chi connectivity index (χ1n) is 9.68. The lowest BCUT2D eigenvalue weighted by Gasteiger charge is -2.23. The van der Waals surface area contributed by atoms with Crippen LogP contribution in [-0.2, 0) is 19.1 Å². The van der Waals surface area contributed by atoms with E-state index in [1.54, 1.807) is 4.90 Å². The van der Waals surface area contributed by atoms with Gasteiger partial charge in [-0.2, -0.15) is 0 Å². The van der Waals surface area contributed by atoms with Gasteiger partial charge in [0.25, 0.3) is 5.91 Å². The number of hydrogen-bond acceptors (Lipinski definition) is 5. The molecule has 3 rings (SSSR count). The molecule has 2 N–H and O–H groups in total. The average Bonchev–Trinajstić information content (AvgIpc) is 3.11. The van der Waals surface area contributed by atoms with E-state index in [1.165, 1.54) is 0 Å². The summed E-state index contributed by atoms with van der Waals surface area (Å²) in [6.07, 6.45) is 1.10. The van der Waals surface area contributed by atoms with E-state index in [-0.39, 0.29) is 47.4 Å². The number of esters is 1. The van der Waals surface area contributed by atoms with Crippen molar-refractivity contribution in [1.82, 2.24) is 10.6 Å². The number of carbonyl (C=O) groups excluding carboxylic acids is 3. The minimum absolute atomic E-state index is 0.0715. The van der Waals surface area contributed by atoms with Crippen molar-refractivity contribution in [2.24, 2.45) is 5.92 Å². The van der Waals surface area contributed by atoms with Gasteiger partial charge in [-0.05, 0) is 63.5 Å². The van der Waals surface area contributed by atoms with Gasteiger partial charge in [0.05, 0.1) is 18.1 Å². The van der Waals surface area contributed by atoms with Crippen LogP contribution in [0.3, 0.4) is 0 Å². The zero-order valence-corrected chi connectivity index (χ0v) is 17.5. The highest BCUT2D eigenvalue weighted by Gasteiger charge is 2.36. The van der Waals surface area contributed by atoms with Gasteiger partial charge in [-0.3, -0.25) is 14.4 Å². The Morgan fingerprint density at radius 3 is 2.55 bits per heavy atom. The third-order valence-corrected chi connectivity index (χ3v) is 5.56. The van der Waals surface area contributed by atoms with E-state index in [4.69, 9.17) is 17.0 Å². The first kappa shape index (κ1) is 21.0. The van der Waals surface area contributed by atoms with E-state index < -0.39 is 0 Å². The highest BCUT2D eigenvalue weighted by molar-refractivity contribution is 7.80. The molecule has 0 aliphatic carbocycles. The molecule has 3 atom stereocenters. The van der Waals surface area contributed by atoms with Crippen molar-refractivity contribution in [1.29, 1.82) is 0 Å². The number of benzene rings is 1. The lowest BCUT2D eigenvalue weighted by atomic mass is 9.99. The summed E-state index contributed by atoms with van der Waals surface area (Å²) in [7, 11) is 0. The van der Waals surface area contributed by atoms with Crippen molar-refractivity contribution in [3.63, 3.8) is 0 Å². The monoisotopic (exact) mass is 415 g/mol. The van der Waals surface area contributed by atoms with Gasteiger partial charge in [0.15, 0.2) is 5.11 Å². The Bertz CT molecular complexity index is 868. The van der Waals surface area contributed by atoms with Gasteiger partial charge in [0.2, 0.25) is 5.91 Å². The van der Waals surface area contributed by atoms with Crippen molar-refractivity contribution in [3.8, 4) is 0 Å². The second-order valence-electron chi connectivity index (χ2n) is 7.47. The molecule has 2 aliphatic heterocycles. The summed E-state index contributed by atoms with van der Waals surface area (Å²) in [5.41, 5.74) is 2.02. The second-order valence-corrected chi connectivity index (χ2v) is 7.87. The molecule has 1 aromatic carbocycles. The summed E-state index contributed by atoms with van der Waals surface area (Å²) in [6, 6.07) is 9.27. The molecule has 0 radical (unpaired) electrons. The molecule has 7 nitrogen and oxygen atoms in total. The maximum absolute atomic E-state index is 12.9. The van der Waals surface area contributed by atoms with Gasteiger partial charge >= 0.3 is 5.97 Å². The van der Waals surface area contributed by atoms with Crippen molar-refractivity contribution in [3.05, 3.63) is 41.6 Å². The minimum atomic E-state index is -0.300. The van der Waals surface area contributed by atoms with Crippen molar-refractivity contribution >= 4 is 40.8 Å². The number of rotatable bonds is 5. The molecule has 29 heavy (non-hydrogen) atoms. The summed E-state index contributed by atoms with van der Waals surface area (Å²) in [5.74, 6) is -0.996. The van der Waals surface area contributed by atoms with Crippen LogP contribution < -0.4 is 15.5 Å². The minimum Gasteiger partial charge on any atom is -0.462 e. The number of hydrogen-bond donors (Lipinski definition) is 2. The topological polar surface area (TPSA) is 87.7 Å². The molecule has 0 saturated carbocycles. The predicted molar refractivity (Wildman–Crippen MR) is 113 cm³/mol. The van der Waals surface area contributed by atoms with E-state index >= 15 is 0 Å². The van der Waals surface area contributed by atoms with Crippen LogP contribution in [0.15, 0.2) is 41.6 Å². The van der Waals surface area contributed by atoms with Crippen LogP contribution in [0.2, 0.25) is 0 Å². The molecule has 8 heteroatoms. The Morgan fingerprint density at radius 1 is 1.24 bits per heavy atom. The normalized spacial score (nSPS) is 24.0. The molecule has 0 spiro atoms. The van der Waals surface area contributed by atoms with E-state index in [9.17, 15) is 14.4 Å². The molecular weight excluding hydrogens is 390 g/mol. The smallest absolute Gasteiger partial charge is 0.309 e. The van der Waals surface area contributed by atoms with E-state index in [1.807, 2.05) is 51.1 Å². The van der Waals surface area contributed by atoms with E-state index in [2.05, 4.69) is 10.6 Å². The lowest BCUT2D eigenvalue weighted by molar-refractivity contribution is -0.144. The number of nitrogens with one attached hydrogen (secondary N) is 2. The van der Waals surface area contributed by atoms with Crippen molar-refractivity contribution < 1.29 is 19.1 Å². The largest absolute Gasteiger partial charge is 0.462 e. The summed E-state index contributed by atoms with van der Waals surface area (Å²) in [4.78, 5) is 38.4. The number of nitrogens with zero attached hydrogens (tertiary/aromatic N) is 1. The molecule has 0 aromatic heterocycles. The van der Waals surface area contributed by atoms with Crippen molar-refractivity contribution in [2.45, 2.75) is 52.2 Å². The van der Waals surface area contributed by atoms with Crippen LogP contribution in [0.5, 0.6) is 0 Å². The number of thiocarbonyl (C=S) groups is 1. The highest BCUT2D eigenvalue weighted by Crippen LogP contribution is 2.29. The number of carbonyl (C=O) groups is 3.